The highest BCUT2D eigenvalue weighted by atomic mass is 19.1. The lowest BCUT2D eigenvalue weighted by atomic mass is 10.1. The van der Waals surface area contributed by atoms with Gasteiger partial charge in [-0.3, -0.25) is 0 Å². The van der Waals surface area contributed by atoms with Crippen molar-refractivity contribution < 1.29 is 13.5 Å². The molecule has 3 nitrogen and oxygen atoms in total. The highest BCUT2D eigenvalue weighted by molar-refractivity contribution is 5.51. The molecule has 2 rings (SSSR count). The number of likely N-dealkylation sites (N-methyl/N-ethyl adjacent to an activating group) is 1. The molecule has 1 aromatic carbocycles. The third-order valence-electron chi connectivity index (χ3n) is 3.32. The van der Waals surface area contributed by atoms with Crippen LogP contribution in [0.1, 0.15) is 12.0 Å². The van der Waals surface area contributed by atoms with Crippen molar-refractivity contribution in [3.63, 3.8) is 0 Å². The maximum absolute atomic E-state index is 14.0. The SMILES string of the molecule is CN(c1c(F)cc(CCN)cc1F)C1CCOC1. The minimum Gasteiger partial charge on any atom is -0.379 e. The molecule has 1 aliphatic rings. The van der Waals surface area contributed by atoms with Gasteiger partial charge in [0.2, 0.25) is 0 Å². The minimum atomic E-state index is -0.534. The zero-order chi connectivity index (χ0) is 13.1. The Kier molecular flexibility index (Phi) is 4.14. The molecule has 1 aliphatic heterocycles. The van der Waals surface area contributed by atoms with Gasteiger partial charge in [-0.2, -0.15) is 0 Å². The van der Waals surface area contributed by atoms with Crippen LogP contribution in [-0.4, -0.2) is 32.8 Å². The van der Waals surface area contributed by atoms with Crippen LogP contribution in [0.2, 0.25) is 0 Å². The van der Waals surface area contributed by atoms with Crippen LogP contribution in [0, 0.1) is 11.6 Å². The summed E-state index contributed by atoms with van der Waals surface area (Å²) in [6, 6.07) is 2.75. The normalized spacial score (nSPS) is 19.2. The van der Waals surface area contributed by atoms with Gasteiger partial charge in [0, 0.05) is 13.7 Å². The number of halogens is 2. The zero-order valence-electron chi connectivity index (χ0n) is 10.5. The summed E-state index contributed by atoms with van der Waals surface area (Å²) in [5.74, 6) is -1.07. The molecule has 0 aromatic heterocycles. The highest BCUT2D eigenvalue weighted by Crippen LogP contribution is 2.27. The minimum absolute atomic E-state index is 0.0197. The van der Waals surface area contributed by atoms with Crippen LogP contribution < -0.4 is 10.6 Å². The maximum atomic E-state index is 14.0. The Balaban J connectivity index is 2.26. The summed E-state index contributed by atoms with van der Waals surface area (Å²) in [4.78, 5) is 1.63. The summed E-state index contributed by atoms with van der Waals surface area (Å²) >= 11 is 0. The number of hydrogen-bond acceptors (Lipinski definition) is 3. The van der Waals surface area contributed by atoms with E-state index in [2.05, 4.69) is 0 Å². The molecule has 100 valence electrons. The second-order valence-electron chi connectivity index (χ2n) is 4.58. The van der Waals surface area contributed by atoms with Crippen LogP contribution in [-0.2, 0) is 11.2 Å². The predicted octanol–water partition coefficient (Wildman–Crippen LogP) is 1.69. The standard InChI is InChI=1S/C13H18F2N2O/c1-17(10-3-5-18-8-10)13-11(14)6-9(2-4-16)7-12(13)15/h6-7,10H,2-5,8,16H2,1H3. The van der Waals surface area contributed by atoms with E-state index < -0.39 is 11.6 Å². The van der Waals surface area contributed by atoms with Gasteiger partial charge in [0.25, 0.3) is 0 Å². The Hall–Kier alpha value is -1.20. The first-order valence-corrected chi connectivity index (χ1v) is 6.12. The van der Waals surface area contributed by atoms with Gasteiger partial charge in [0.05, 0.1) is 12.6 Å². The van der Waals surface area contributed by atoms with Gasteiger partial charge in [0.1, 0.15) is 17.3 Å². The Morgan fingerprint density at radius 2 is 2.06 bits per heavy atom. The van der Waals surface area contributed by atoms with Crippen LogP contribution >= 0.6 is 0 Å². The molecule has 0 bridgehead atoms. The van der Waals surface area contributed by atoms with Gasteiger partial charge in [-0.25, -0.2) is 8.78 Å². The molecular formula is C13H18F2N2O. The lowest BCUT2D eigenvalue weighted by molar-refractivity contribution is 0.193. The van der Waals surface area contributed by atoms with Crippen molar-refractivity contribution in [2.45, 2.75) is 18.9 Å². The molecule has 1 fully saturated rings. The van der Waals surface area contributed by atoms with Gasteiger partial charge in [-0.15, -0.1) is 0 Å². The molecule has 1 unspecified atom stereocenters. The van der Waals surface area contributed by atoms with E-state index in [9.17, 15) is 8.78 Å². The van der Waals surface area contributed by atoms with E-state index in [1.165, 1.54) is 12.1 Å². The number of anilines is 1. The fraction of sp³-hybridized carbons (Fsp3) is 0.538. The third-order valence-corrected chi connectivity index (χ3v) is 3.32. The molecule has 0 aliphatic carbocycles. The number of rotatable bonds is 4. The van der Waals surface area contributed by atoms with Gasteiger partial charge >= 0.3 is 0 Å². The summed E-state index contributed by atoms with van der Waals surface area (Å²) in [6.45, 7) is 1.54. The number of ether oxygens (including phenoxy) is 1. The summed E-state index contributed by atoms with van der Waals surface area (Å²) < 4.78 is 33.2. The van der Waals surface area contributed by atoms with Crippen molar-refractivity contribution in [1.82, 2.24) is 0 Å². The predicted molar refractivity (Wildman–Crippen MR) is 66.7 cm³/mol. The molecule has 2 N–H and O–H groups in total. The van der Waals surface area contributed by atoms with Gasteiger partial charge < -0.3 is 15.4 Å². The van der Waals surface area contributed by atoms with Crippen LogP contribution in [0.5, 0.6) is 0 Å². The number of benzene rings is 1. The van der Waals surface area contributed by atoms with Crippen molar-refractivity contribution >= 4 is 5.69 Å². The molecule has 0 amide bonds. The van der Waals surface area contributed by atoms with E-state index in [-0.39, 0.29) is 11.7 Å². The fourth-order valence-corrected chi connectivity index (χ4v) is 2.28. The fourth-order valence-electron chi connectivity index (χ4n) is 2.28. The average molecular weight is 256 g/mol. The molecule has 1 saturated heterocycles. The molecular weight excluding hydrogens is 238 g/mol. The van der Waals surface area contributed by atoms with Crippen LogP contribution in [0.25, 0.3) is 0 Å². The number of hydrogen-bond donors (Lipinski definition) is 1. The Labute approximate surface area is 106 Å². The van der Waals surface area contributed by atoms with Crippen molar-refractivity contribution in [3.8, 4) is 0 Å². The molecule has 5 heteroatoms. The smallest absolute Gasteiger partial charge is 0.149 e. The lowest BCUT2D eigenvalue weighted by Gasteiger charge is -2.26. The van der Waals surface area contributed by atoms with E-state index in [1.807, 2.05) is 0 Å². The van der Waals surface area contributed by atoms with Gasteiger partial charge in [0.15, 0.2) is 0 Å². The van der Waals surface area contributed by atoms with Crippen LogP contribution in [0.3, 0.4) is 0 Å². The zero-order valence-corrected chi connectivity index (χ0v) is 10.5. The first-order chi connectivity index (χ1) is 8.63. The second kappa shape index (κ2) is 5.63. The third kappa shape index (κ3) is 2.62. The summed E-state index contributed by atoms with van der Waals surface area (Å²) in [5.41, 5.74) is 6.00. The summed E-state index contributed by atoms with van der Waals surface area (Å²) in [6.07, 6.45) is 1.27. The van der Waals surface area contributed by atoms with Crippen LogP contribution in [0.4, 0.5) is 14.5 Å². The van der Waals surface area contributed by atoms with E-state index >= 15 is 0 Å². The maximum Gasteiger partial charge on any atom is 0.149 e. The molecule has 1 heterocycles. The quantitative estimate of drug-likeness (QED) is 0.891. The molecule has 1 aromatic rings. The lowest BCUT2D eigenvalue weighted by Crippen LogP contribution is -2.33. The van der Waals surface area contributed by atoms with E-state index in [1.54, 1.807) is 11.9 Å². The van der Waals surface area contributed by atoms with Gasteiger partial charge in [-0.1, -0.05) is 0 Å². The Morgan fingerprint density at radius 3 is 2.56 bits per heavy atom. The molecule has 0 saturated carbocycles. The summed E-state index contributed by atoms with van der Waals surface area (Å²) in [5, 5.41) is 0. The first-order valence-electron chi connectivity index (χ1n) is 6.12. The van der Waals surface area contributed by atoms with E-state index in [4.69, 9.17) is 10.5 Å². The molecule has 1 atom stereocenters. The van der Waals surface area contributed by atoms with Crippen molar-refractivity contribution in [3.05, 3.63) is 29.3 Å². The number of nitrogens with zero attached hydrogens (tertiary/aromatic N) is 1. The second-order valence-corrected chi connectivity index (χ2v) is 4.58. The monoisotopic (exact) mass is 256 g/mol. The average Bonchev–Trinajstić information content (AvgIpc) is 2.81. The molecule has 18 heavy (non-hydrogen) atoms. The van der Waals surface area contributed by atoms with E-state index in [0.717, 1.165) is 6.42 Å². The summed E-state index contributed by atoms with van der Waals surface area (Å²) in [7, 11) is 1.70. The Morgan fingerprint density at radius 1 is 1.39 bits per heavy atom. The topological polar surface area (TPSA) is 38.5 Å². The van der Waals surface area contributed by atoms with Crippen LogP contribution in [0.15, 0.2) is 12.1 Å². The van der Waals surface area contributed by atoms with Crippen molar-refractivity contribution in [2.75, 3.05) is 31.7 Å². The van der Waals surface area contributed by atoms with Crippen molar-refractivity contribution in [2.24, 2.45) is 5.73 Å². The highest BCUT2D eigenvalue weighted by Gasteiger charge is 2.25. The molecule has 0 spiro atoms. The van der Waals surface area contributed by atoms with Gasteiger partial charge in [-0.05, 0) is 37.1 Å². The largest absolute Gasteiger partial charge is 0.379 e. The van der Waals surface area contributed by atoms with Crippen molar-refractivity contribution in [1.29, 1.82) is 0 Å². The first kappa shape index (κ1) is 13.2. The number of nitrogens with two attached hydrogens (primary N) is 1. The molecule has 0 radical (unpaired) electrons. The Bertz CT molecular complexity index is 396. The van der Waals surface area contributed by atoms with E-state index in [0.29, 0.717) is 31.7 Å².